The van der Waals surface area contributed by atoms with E-state index in [0.717, 1.165) is 42.1 Å². The van der Waals surface area contributed by atoms with Crippen molar-refractivity contribution in [3.05, 3.63) is 34.1 Å². The second-order valence-electron chi connectivity index (χ2n) is 4.06. The van der Waals surface area contributed by atoms with Crippen LogP contribution in [0.2, 0.25) is 0 Å². The predicted molar refractivity (Wildman–Crippen MR) is 71.6 cm³/mol. The normalized spacial score (nSPS) is 12.8. The van der Waals surface area contributed by atoms with E-state index < -0.39 is 0 Å². The van der Waals surface area contributed by atoms with Crippen molar-refractivity contribution < 1.29 is 4.39 Å². The molecule has 0 amide bonds. The Kier molecular flexibility index (Phi) is 6.37. The molecule has 1 aromatic rings. The Balaban J connectivity index is 2.37. The molecule has 1 atom stereocenters. The quantitative estimate of drug-likeness (QED) is 0.624. The minimum absolute atomic E-state index is 0.180. The van der Waals surface area contributed by atoms with Crippen molar-refractivity contribution in [1.29, 1.82) is 0 Å². The largest absolute Gasteiger partial charge is 0.207 e. The van der Waals surface area contributed by atoms with Gasteiger partial charge in [-0.2, -0.15) is 0 Å². The van der Waals surface area contributed by atoms with E-state index >= 15 is 0 Å². The zero-order valence-corrected chi connectivity index (χ0v) is 11.8. The number of hydrogen-bond acceptors (Lipinski definition) is 0. The van der Waals surface area contributed by atoms with Crippen LogP contribution in [0.25, 0.3) is 0 Å². The molecule has 0 saturated heterocycles. The zero-order valence-electron chi connectivity index (χ0n) is 9.48. The number of aryl methyl sites for hydroxylation is 1. The van der Waals surface area contributed by atoms with Crippen molar-refractivity contribution >= 4 is 27.5 Å². The molecule has 0 bridgehead atoms. The van der Waals surface area contributed by atoms with Crippen molar-refractivity contribution in [1.82, 2.24) is 0 Å². The average Bonchev–Trinajstić information content (AvgIpc) is 2.16. The Morgan fingerprint density at radius 1 is 1.31 bits per heavy atom. The molecule has 1 rings (SSSR count). The highest BCUT2D eigenvalue weighted by molar-refractivity contribution is 9.10. The van der Waals surface area contributed by atoms with Gasteiger partial charge in [0.1, 0.15) is 5.82 Å². The fourth-order valence-electron chi connectivity index (χ4n) is 1.74. The maximum Gasteiger partial charge on any atom is 0.124 e. The lowest BCUT2D eigenvalue weighted by Gasteiger charge is -2.07. The van der Waals surface area contributed by atoms with Gasteiger partial charge in [0.15, 0.2) is 0 Å². The van der Waals surface area contributed by atoms with E-state index in [-0.39, 0.29) is 11.2 Å². The van der Waals surface area contributed by atoms with Gasteiger partial charge in [-0.05, 0) is 49.4 Å². The number of benzene rings is 1. The average molecular weight is 308 g/mol. The van der Waals surface area contributed by atoms with Gasteiger partial charge >= 0.3 is 0 Å². The van der Waals surface area contributed by atoms with Crippen molar-refractivity contribution in [2.24, 2.45) is 0 Å². The summed E-state index contributed by atoms with van der Waals surface area (Å²) < 4.78 is 13.9. The summed E-state index contributed by atoms with van der Waals surface area (Å²) in [4.78, 5) is 0. The van der Waals surface area contributed by atoms with E-state index in [1.165, 1.54) is 6.07 Å². The van der Waals surface area contributed by atoms with Crippen LogP contribution in [-0.2, 0) is 6.42 Å². The van der Waals surface area contributed by atoms with Crippen LogP contribution in [-0.4, -0.2) is 5.38 Å². The minimum atomic E-state index is -0.180. The van der Waals surface area contributed by atoms with E-state index in [9.17, 15) is 4.39 Å². The van der Waals surface area contributed by atoms with Gasteiger partial charge in [-0.25, -0.2) is 4.39 Å². The summed E-state index contributed by atoms with van der Waals surface area (Å²) in [6.07, 6.45) is 5.10. The molecule has 0 aliphatic rings. The van der Waals surface area contributed by atoms with Gasteiger partial charge in [-0.15, -0.1) is 11.6 Å². The van der Waals surface area contributed by atoms with E-state index in [1.807, 2.05) is 6.07 Å². The Bertz CT molecular complexity index is 307. The first kappa shape index (κ1) is 14.0. The Hall–Kier alpha value is -0.0800. The Morgan fingerprint density at radius 3 is 2.69 bits per heavy atom. The highest BCUT2D eigenvalue weighted by atomic mass is 79.9. The Labute approximate surface area is 110 Å². The molecule has 0 aliphatic heterocycles. The predicted octanol–water partition coefficient (Wildman–Crippen LogP) is 5.32. The summed E-state index contributed by atoms with van der Waals surface area (Å²) in [6.45, 7) is 2.14. The molecule has 0 heterocycles. The summed E-state index contributed by atoms with van der Waals surface area (Å²) in [5.41, 5.74) is 1.03. The molecular weight excluding hydrogens is 290 g/mol. The maximum atomic E-state index is 13.1. The second kappa shape index (κ2) is 7.29. The number of halogens is 3. The third kappa shape index (κ3) is 5.31. The summed E-state index contributed by atoms with van der Waals surface area (Å²) in [7, 11) is 0. The molecule has 16 heavy (non-hydrogen) atoms. The monoisotopic (exact) mass is 306 g/mol. The first-order valence-corrected chi connectivity index (χ1v) is 6.93. The van der Waals surface area contributed by atoms with Crippen LogP contribution in [0.4, 0.5) is 4.39 Å². The number of rotatable bonds is 6. The van der Waals surface area contributed by atoms with Crippen molar-refractivity contribution in [2.75, 3.05) is 0 Å². The molecule has 90 valence electrons. The lowest BCUT2D eigenvalue weighted by molar-refractivity contribution is 0.617. The van der Waals surface area contributed by atoms with E-state index in [0.29, 0.717) is 0 Å². The van der Waals surface area contributed by atoms with E-state index in [1.54, 1.807) is 6.07 Å². The van der Waals surface area contributed by atoms with Gasteiger partial charge in [0, 0.05) is 9.85 Å². The number of hydrogen-bond donors (Lipinski definition) is 0. The molecule has 3 heteroatoms. The fourth-order valence-corrected chi connectivity index (χ4v) is 2.63. The van der Waals surface area contributed by atoms with E-state index in [4.69, 9.17) is 11.6 Å². The number of alkyl halides is 1. The van der Waals surface area contributed by atoms with Crippen molar-refractivity contribution in [3.8, 4) is 0 Å². The summed E-state index contributed by atoms with van der Waals surface area (Å²) in [5, 5.41) is 0.266. The SMILES string of the molecule is CCCC(Cl)CCCc1cc(F)cc(Br)c1. The van der Waals surface area contributed by atoms with Gasteiger partial charge < -0.3 is 0 Å². The van der Waals surface area contributed by atoms with E-state index in [2.05, 4.69) is 22.9 Å². The molecule has 1 unspecified atom stereocenters. The van der Waals surface area contributed by atoms with Crippen LogP contribution in [0, 0.1) is 5.82 Å². The van der Waals surface area contributed by atoms with Crippen LogP contribution in [0.5, 0.6) is 0 Å². The van der Waals surface area contributed by atoms with Gasteiger partial charge in [-0.1, -0.05) is 29.3 Å². The minimum Gasteiger partial charge on any atom is -0.207 e. The van der Waals surface area contributed by atoms with Crippen LogP contribution in [0.15, 0.2) is 22.7 Å². The first-order chi connectivity index (χ1) is 7.61. The van der Waals surface area contributed by atoms with Crippen LogP contribution < -0.4 is 0 Å². The highest BCUT2D eigenvalue weighted by Crippen LogP contribution is 2.18. The topological polar surface area (TPSA) is 0 Å². The third-order valence-electron chi connectivity index (χ3n) is 2.51. The summed E-state index contributed by atoms with van der Waals surface area (Å²) in [6, 6.07) is 5.03. The van der Waals surface area contributed by atoms with Gasteiger partial charge in [0.2, 0.25) is 0 Å². The smallest absolute Gasteiger partial charge is 0.124 e. The van der Waals surface area contributed by atoms with Gasteiger partial charge in [-0.3, -0.25) is 0 Å². The summed E-state index contributed by atoms with van der Waals surface area (Å²) >= 11 is 9.42. The van der Waals surface area contributed by atoms with Gasteiger partial charge in [0.05, 0.1) is 0 Å². The highest BCUT2D eigenvalue weighted by Gasteiger charge is 2.04. The lowest BCUT2D eigenvalue weighted by Crippen LogP contribution is -1.99. The Morgan fingerprint density at radius 2 is 2.06 bits per heavy atom. The second-order valence-corrected chi connectivity index (χ2v) is 5.59. The molecule has 0 fully saturated rings. The van der Waals surface area contributed by atoms with Crippen LogP contribution >= 0.6 is 27.5 Å². The molecule has 0 spiro atoms. The molecule has 0 nitrogen and oxygen atoms in total. The molecule has 0 aliphatic carbocycles. The molecule has 0 radical (unpaired) electrons. The third-order valence-corrected chi connectivity index (χ3v) is 3.40. The molecule has 0 saturated carbocycles. The fraction of sp³-hybridized carbons (Fsp3) is 0.538. The first-order valence-electron chi connectivity index (χ1n) is 5.71. The standard InChI is InChI=1S/C13H17BrClF/c1-2-4-12(15)6-3-5-10-7-11(14)9-13(16)8-10/h7-9,12H,2-6H2,1H3. The van der Waals surface area contributed by atoms with Gasteiger partial charge in [0.25, 0.3) is 0 Å². The lowest BCUT2D eigenvalue weighted by atomic mass is 10.1. The maximum absolute atomic E-state index is 13.1. The molecule has 0 N–H and O–H groups in total. The summed E-state index contributed by atoms with van der Waals surface area (Å²) in [5.74, 6) is -0.180. The molecular formula is C13H17BrClF. The van der Waals surface area contributed by atoms with Crippen LogP contribution in [0.3, 0.4) is 0 Å². The van der Waals surface area contributed by atoms with Crippen LogP contribution in [0.1, 0.15) is 38.2 Å². The molecule has 0 aromatic heterocycles. The zero-order chi connectivity index (χ0) is 12.0. The van der Waals surface area contributed by atoms with Crippen molar-refractivity contribution in [2.45, 2.75) is 44.4 Å². The molecule has 1 aromatic carbocycles. The van der Waals surface area contributed by atoms with Crippen molar-refractivity contribution in [3.63, 3.8) is 0 Å².